The van der Waals surface area contributed by atoms with E-state index in [1.54, 1.807) is 7.11 Å². The number of carbonyl (C=O) groups excluding carboxylic acids is 1. The van der Waals surface area contributed by atoms with E-state index in [1.807, 2.05) is 24.3 Å². The second-order valence-corrected chi connectivity index (χ2v) is 9.04. The van der Waals surface area contributed by atoms with Gasteiger partial charge in [0, 0.05) is 52.0 Å². The highest BCUT2D eigenvalue weighted by atomic mass is 16.5. The summed E-state index contributed by atoms with van der Waals surface area (Å²) in [6, 6.07) is 14.3. The average Bonchev–Trinajstić information content (AvgIpc) is 2.84. The van der Waals surface area contributed by atoms with Crippen molar-refractivity contribution >= 4 is 11.6 Å². The number of benzene rings is 2. The van der Waals surface area contributed by atoms with Crippen LogP contribution in [0.3, 0.4) is 0 Å². The van der Waals surface area contributed by atoms with Gasteiger partial charge in [0.05, 0.1) is 13.2 Å². The zero-order chi connectivity index (χ0) is 23.2. The van der Waals surface area contributed by atoms with Crippen LogP contribution in [0, 0.1) is 0 Å². The Bertz CT molecular complexity index is 926. The molecular formula is C26H36N4O3. The van der Waals surface area contributed by atoms with Crippen molar-refractivity contribution in [1.29, 1.82) is 0 Å². The molecule has 1 atom stereocenters. The van der Waals surface area contributed by atoms with Crippen LogP contribution in [0.2, 0.25) is 0 Å². The van der Waals surface area contributed by atoms with Gasteiger partial charge in [-0.15, -0.1) is 0 Å². The molecule has 0 bridgehead atoms. The Morgan fingerprint density at radius 1 is 1.00 bits per heavy atom. The number of ether oxygens (including phenoxy) is 2. The SMILES string of the molecule is COc1ccc(OCC(=O)NC[C@H](c2ccc3c(c2)CCCN3C)N2CCN(C)CC2)cc1. The van der Waals surface area contributed by atoms with Crippen LogP contribution in [0.5, 0.6) is 11.5 Å². The molecule has 33 heavy (non-hydrogen) atoms. The van der Waals surface area contributed by atoms with Gasteiger partial charge < -0.3 is 24.6 Å². The van der Waals surface area contributed by atoms with Gasteiger partial charge in [-0.25, -0.2) is 0 Å². The zero-order valence-corrected chi connectivity index (χ0v) is 20.0. The molecule has 2 aromatic carbocycles. The van der Waals surface area contributed by atoms with Gasteiger partial charge >= 0.3 is 0 Å². The van der Waals surface area contributed by atoms with Gasteiger partial charge in [0.2, 0.25) is 0 Å². The molecule has 0 aromatic heterocycles. The van der Waals surface area contributed by atoms with Gasteiger partial charge in [-0.3, -0.25) is 9.69 Å². The highest BCUT2D eigenvalue weighted by Crippen LogP contribution is 2.31. The van der Waals surface area contributed by atoms with Crippen LogP contribution in [0.1, 0.15) is 23.6 Å². The minimum atomic E-state index is -0.109. The third kappa shape index (κ3) is 5.97. The molecule has 0 spiro atoms. The summed E-state index contributed by atoms with van der Waals surface area (Å²) in [5.74, 6) is 1.31. The van der Waals surface area contributed by atoms with E-state index in [0.29, 0.717) is 12.3 Å². The highest BCUT2D eigenvalue weighted by molar-refractivity contribution is 5.77. The number of methoxy groups -OCH3 is 1. The monoisotopic (exact) mass is 452 g/mol. The van der Waals surface area contributed by atoms with Crippen LogP contribution < -0.4 is 19.7 Å². The molecule has 7 heteroatoms. The van der Waals surface area contributed by atoms with E-state index in [9.17, 15) is 4.79 Å². The Morgan fingerprint density at radius 2 is 1.73 bits per heavy atom. The molecule has 1 fully saturated rings. The summed E-state index contributed by atoms with van der Waals surface area (Å²) in [4.78, 5) is 19.8. The second-order valence-electron chi connectivity index (χ2n) is 9.04. The molecule has 2 aliphatic rings. The fourth-order valence-corrected chi connectivity index (χ4v) is 4.69. The number of amides is 1. The number of nitrogens with one attached hydrogen (secondary N) is 1. The first-order valence-corrected chi connectivity index (χ1v) is 11.8. The fourth-order valence-electron chi connectivity index (χ4n) is 4.69. The van der Waals surface area contributed by atoms with Gasteiger partial charge in [-0.1, -0.05) is 12.1 Å². The van der Waals surface area contributed by atoms with E-state index in [4.69, 9.17) is 9.47 Å². The molecule has 2 heterocycles. The van der Waals surface area contributed by atoms with E-state index in [2.05, 4.69) is 52.3 Å². The van der Waals surface area contributed by atoms with Crippen LogP contribution in [-0.4, -0.2) is 82.8 Å². The minimum Gasteiger partial charge on any atom is -0.497 e. The van der Waals surface area contributed by atoms with Gasteiger partial charge in [0.1, 0.15) is 11.5 Å². The molecule has 0 saturated carbocycles. The van der Waals surface area contributed by atoms with E-state index in [0.717, 1.165) is 44.9 Å². The molecule has 0 unspecified atom stereocenters. The number of anilines is 1. The van der Waals surface area contributed by atoms with Crippen molar-refractivity contribution in [3.05, 3.63) is 53.6 Å². The topological polar surface area (TPSA) is 57.3 Å². The van der Waals surface area contributed by atoms with Crippen molar-refractivity contribution in [3.8, 4) is 11.5 Å². The number of hydrogen-bond donors (Lipinski definition) is 1. The maximum atomic E-state index is 12.6. The van der Waals surface area contributed by atoms with Crippen LogP contribution in [-0.2, 0) is 11.2 Å². The lowest BCUT2D eigenvalue weighted by Gasteiger charge is -2.39. The molecular weight excluding hydrogens is 416 g/mol. The molecule has 7 nitrogen and oxygen atoms in total. The number of aryl methyl sites for hydroxylation is 1. The predicted molar refractivity (Wildman–Crippen MR) is 131 cm³/mol. The largest absolute Gasteiger partial charge is 0.497 e. The Balaban J connectivity index is 1.41. The van der Waals surface area contributed by atoms with Crippen LogP contribution in [0.15, 0.2) is 42.5 Å². The Kier molecular flexibility index (Phi) is 7.73. The standard InChI is InChI=1S/C26H36N4O3/c1-28-13-15-30(16-14-28)25(21-6-11-24-20(17-21)5-4-12-29(24)2)18-27-26(31)19-33-23-9-7-22(32-3)8-10-23/h6-11,17,25H,4-5,12-16,18-19H2,1-3H3,(H,27,31)/t25-/m1/s1. The summed E-state index contributed by atoms with van der Waals surface area (Å²) in [6.45, 7) is 5.75. The second kappa shape index (κ2) is 10.9. The van der Waals surface area contributed by atoms with E-state index in [1.165, 1.54) is 23.2 Å². The molecule has 1 N–H and O–H groups in total. The fraction of sp³-hybridized carbons (Fsp3) is 0.500. The lowest BCUT2D eigenvalue weighted by Crippen LogP contribution is -2.48. The third-order valence-corrected chi connectivity index (χ3v) is 6.74. The van der Waals surface area contributed by atoms with Crippen molar-refractivity contribution in [1.82, 2.24) is 15.1 Å². The summed E-state index contributed by atoms with van der Waals surface area (Å²) in [5.41, 5.74) is 4.03. The summed E-state index contributed by atoms with van der Waals surface area (Å²) in [6.07, 6.45) is 2.30. The molecule has 4 rings (SSSR count). The molecule has 0 aliphatic carbocycles. The van der Waals surface area contributed by atoms with Crippen LogP contribution >= 0.6 is 0 Å². The van der Waals surface area contributed by atoms with Crippen molar-refractivity contribution in [3.63, 3.8) is 0 Å². The number of likely N-dealkylation sites (N-methyl/N-ethyl adjacent to an activating group) is 1. The first kappa shape index (κ1) is 23.4. The average molecular weight is 453 g/mol. The van der Waals surface area contributed by atoms with Gasteiger partial charge in [0.25, 0.3) is 5.91 Å². The van der Waals surface area contributed by atoms with Gasteiger partial charge in [0.15, 0.2) is 6.61 Å². The van der Waals surface area contributed by atoms with Crippen LogP contribution in [0.25, 0.3) is 0 Å². The van der Waals surface area contributed by atoms with Crippen molar-refractivity contribution in [2.75, 3.05) is 72.0 Å². The number of nitrogens with zero attached hydrogens (tertiary/aromatic N) is 3. The lowest BCUT2D eigenvalue weighted by molar-refractivity contribution is -0.123. The number of fused-ring (bicyclic) bond motifs is 1. The van der Waals surface area contributed by atoms with Gasteiger partial charge in [-0.05, 0) is 61.3 Å². The smallest absolute Gasteiger partial charge is 0.258 e. The summed E-state index contributed by atoms with van der Waals surface area (Å²) < 4.78 is 10.8. The number of piperazine rings is 1. The lowest BCUT2D eigenvalue weighted by atomic mass is 9.95. The van der Waals surface area contributed by atoms with Crippen molar-refractivity contribution < 1.29 is 14.3 Å². The zero-order valence-electron chi connectivity index (χ0n) is 20.0. The predicted octanol–water partition coefficient (Wildman–Crippen LogP) is 2.56. The molecule has 1 amide bonds. The maximum Gasteiger partial charge on any atom is 0.258 e. The first-order chi connectivity index (χ1) is 16.0. The molecule has 0 radical (unpaired) electrons. The van der Waals surface area contributed by atoms with Crippen molar-refractivity contribution in [2.45, 2.75) is 18.9 Å². The van der Waals surface area contributed by atoms with E-state index in [-0.39, 0.29) is 18.6 Å². The highest BCUT2D eigenvalue weighted by Gasteiger charge is 2.26. The Labute approximate surface area is 197 Å². The Morgan fingerprint density at radius 3 is 2.45 bits per heavy atom. The molecule has 2 aliphatic heterocycles. The van der Waals surface area contributed by atoms with Gasteiger partial charge in [-0.2, -0.15) is 0 Å². The number of rotatable bonds is 8. The van der Waals surface area contributed by atoms with E-state index < -0.39 is 0 Å². The Hall–Kier alpha value is -2.77. The maximum absolute atomic E-state index is 12.6. The molecule has 1 saturated heterocycles. The van der Waals surface area contributed by atoms with Crippen LogP contribution in [0.4, 0.5) is 5.69 Å². The molecule has 178 valence electrons. The molecule has 2 aromatic rings. The summed E-state index contributed by atoms with van der Waals surface area (Å²) >= 11 is 0. The summed E-state index contributed by atoms with van der Waals surface area (Å²) in [5, 5.41) is 3.12. The van der Waals surface area contributed by atoms with E-state index >= 15 is 0 Å². The minimum absolute atomic E-state index is 0.00321. The number of hydrogen-bond acceptors (Lipinski definition) is 6. The normalized spacial score (nSPS) is 17.8. The summed E-state index contributed by atoms with van der Waals surface area (Å²) in [7, 11) is 5.96. The quantitative estimate of drug-likeness (QED) is 0.665. The first-order valence-electron chi connectivity index (χ1n) is 11.8. The number of carbonyl (C=O) groups is 1. The van der Waals surface area contributed by atoms with Crippen molar-refractivity contribution in [2.24, 2.45) is 0 Å². The third-order valence-electron chi connectivity index (χ3n) is 6.74.